The first-order chi connectivity index (χ1) is 11.3. The molecule has 0 radical (unpaired) electrons. The minimum atomic E-state index is 0.0750. The van der Waals surface area contributed by atoms with Gasteiger partial charge < -0.3 is 5.32 Å². The van der Waals surface area contributed by atoms with Crippen molar-refractivity contribution in [1.29, 1.82) is 0 Å². The minimum absolute atomic E-state index is 0.0750. The number of benzene rings is 2. The molecule has 2 rings (SSSR count). The highest BCUT2D eigenvalue weighted by Gasteiger charge is 2.05. The second kappa shape index (κ2) is 10.2. The van der Waals surface area contributed by atoms with Crippen molar-refractivity contribution < 1.29 is 4.79 Å². The zero-order valence-corrected chi connectivity index (χ0v) is 14.8. The molecular weight excluding hydrogens is 322 g/mol. The van der Waals surface area contributed by atoms with Gasteiger partial charge in [-0.2, -0.15) is 11.8 Å². The van der Waals surface area contributed by atoms with Crippen LogP contribution < -0.4 is 5.32 Å². The van der Waals surface area contributed by atoms with E-state index in [4.69, 9.17) is 0 Å². The van der Waals surface area contributed by atoms with Crippen LogP contribution in [0.4, 0.5) is 5.69 Å². The van der Waals surface area contributed by atoms with E-state index < -0.39 is 0 Å². The maximum atomic E-state index is 12.0. The van der Waals surface area contributed by atoms with Crippen LogP contribution in [0.3, 0.4) is 0 Å². The van der Waals surface area contributed by atoms with Crippen LogP contribution in [-0.4, -0.2) is 23.7 Å². The van der Waals surface area contributed by atoms with E-state index >= 15 is 0 Å². The monoisotopic (exact) mass is 343 g/mol. The fourth-order valence-corrected chi connectivity index (χ4v) is 3.31. The third-order valence-electron chi connectivity index (χ3n) is 3.18. The molecule has 2 nitrogen and oxygen atoms in total. The number of hydrogen-bond donors (Lipinski definition) is 1. The number of carbonyl (C=O) groups excluding carboxylic acids is 1. The van der Waals surface area contributed by atoms with Gasteiger partial charge >= 0.3 is 0 Å². The molecule has 120 valence electrons. The van der Waals surface area contributed by atoms with Crippen molar-refractivity contribution in [3.05, 3.63) is 66.2 Å². The lowest BCUT2D eigenvalue weighted by atomic mass is 10.2. The summed E-state index contributed by atoms with van der Waals surface area (Å²) in [5.41, 5.74) is 2.11. The Hall–Kier alpha value is -1.65. The van der Waals surface area contributed by atoms with Crippen molar-refractivity contribution in [2.75, 3.05) is 23.1 Å². The van der Waals surface area contributed by atoms with E-state index in [9.17, 15) is 4.79 Å². The molecule has 0 spiro atoms. The van der Waals surface area contributed by atoms with Gasteiger partial charge in [-0.3, -0.25) is 4.79 Å². The van der Waals surface area contributed by atoms with Crippen molar-refractivity contribution in [1.82, 2.24) is 0 Å². The molecule has 0 bridgehead atoms. The zero-order chi connectivity index (χ0) is 16.3. The highest BCUT2D eigenvalue weighted by molar-refractivity contribution is 7.99. The van der Waals surface area contributed by atoms with E-state index in [1.807, 2.05) is 48.7 Å². The average Bonchev–Trinajstić information content (AvgIpc) is 2.59. The summed E-state index contributed by atoms with van der Waals surface area (Å²) < 4.78 is 0. The molecular formula is C19H21NOS2. The number of amides is 1. The molecule has 0 unspecified atom stereocenters. The third-order valence-corrected chi connectivity index (χ3v) is 4.90. The summed E-state index contributed by atoms with van der Waals surface area (Å²) in [6.45, 7) is 0. The molecule has 2 aromatic rings. The Bertz CT molecular complexity index is 641. The molecule has 4 heteroatoms. The summed E-state index contributed by atoms with van der Waals surface area (Å²) in [7, 11) is 0. The van der Waals surface area contributed by atoms with Gasteiger partial charge in [0.25, 0.3) is 0 Å². The Morgan fingerprint density at radius 2 is 1.83 bits per heavy atom. The maximum absolute atomic E-state index is 12.0. The van der Waals surface area contributed by atoms with Gasteiger partial charge in [-0.1, -0.05) is 54.6 Å². The number of para-hydroxylation sites is 1. The second-order valence-corrected chi connectivity index (χ2v) is 6.88. The first kappa shape index (κ1) is 17.7. The first-order valence-corrected chi connectivity index (χ1v) is 9.90. The van der Waals surface area contributed by atoms with Gasteiger partial charge in [0.05, 0.1) is 5.69 Å². The SMILES string of the molecule is CSc1ccccc1NC(=O)CCSC/C=C/c1ccccc1. The van der Waals surface area contributed by atoms with Gasteiger partial charge in [0.2, 0.25) is 5.91 Å². The number of anilines is 1. The quantitative estimate of drug-likeness (QED) is 0.529. The normalized spacial score (nSPS) is 10.8. The number of rotatable bonds is 8. The predicted octanol–water partition coefficient (Wildman–Crippen LogP) is 5.18. The summed E-state index contributed by atoms with van der Waals surface area (Å²) in [5.74, 6) is 1.82. The van der Waals surface area contributed by atoms with Crippen molar-refractivity contribution in [2.24, 2.45) is 0 Å². The predicted molar refractivity (Wildman–Crippen MR) is 104 cm³/mol. The Morgan fingerprint density at radius 1 is 1.09 bits per heavy atom. The molecule has 1 amide bonds. The van der Waals surface area contributed by atoms with E-state index in [2.05, 4.69) is 29.6 Å². The van der Waals surface area contributed by atoms with E-state index in [1.54, 1.807) is 23.5 Å². The van der Waals surface area contributed by atoms with Crippen molar-refractivity contribution >= 4 is 41.2 Å². The topological polar surface area (TPSA) is 29.1 Å². The first-order valence-electron chi connectivity index (χ1n) is 7.52. The molecule has 1 N–H and O–H groups in total. The Balaban J connectivity index is 1.66. The Labute approximate surface area is 146 Å². The van der Waals surface area contributed by atoms with Crippen LogP contribution >= 0.6 is 23.5 Å². The largest absolute Gasteiger partial charge is 0.325 e. The lowest BCUT2D eigenvalue weighted by Gasteiger charge is -2.08. The number of nitrogens with one attached hydrogen (secondary N) is 1. The highest BCUT2D eigenvalue weighted by atomic mass is 32.2. The molecule has 0 fully saturated rings. The lowest BCUT2D eigenvalue weighted by molar-refractivity contribution is -0.115. The van der Waals surface area contributed by atoms with Gasteiger partial charge in [0, 0.05) is 22.8 Å². The standard InChI is InChI=1S/C19H21NOS2/c1-22-18-12-6-5-11-17(18)20-19(21)13-15-23-14-7-10-16-8-3-2-4-9-16/h2-12H,13-15H2,1H3,(H,20,21)/b10-7+. The Morgan fingerprint density at radius 3 is 2.61 bits per heavy atom. The van der Waals surface area contributed by atoms with Crippen LogP contribution in [0, 0.1) is 0 Å². The molecule has 0 saturated carbocycles. The molecule has 0 aliphatic heterocycles. The van der Waals surface area contributed by atoms with Gasteiger partial charge in [0.1, 0.15) is 0 Å². The maximum Gasteiger partial charge on any atom is 0.225 e. The van der Waals surface area contributed by atoms with E-state index in [-0.39, 0.29) is 5.91 Å². The molecule has 0 aliphatic carbocycles. The average molecular weight is 344 g/mol. The van der Waals surface area contributed by atoms with Crippen LogP contribution in [0.5, 0.6) is 0 Å². The smallest absolute Gasteiger partial charge is 0.225 e. The van der Waals surface area contributed by atoms with Gasteiger partial charge in [-0.25, -0.2) is 0 Å². The lowest BCUT2D eigenvalue weighted by Crippen LogP contribution is -2.12. The summed E-state index contributed by atoms with van der Waals surface area (Å²) in [6, 6.07) is 18.1. The molecule has 2 aromatic carbocycles. The molecule has 0 saturated heterocycles. The van der Waals surface area contributed by atoms with Crippen molar-refractivity contribution in [3.63, 3.8) is 0 Å². The van der Waals surface area contributed by atoms with Crippen LogP contribution in [0.15, 0.2) is 65.6 Å². The van der Waals surface area contributed by atoms with Crippen LogP contribution in [0.25, 0.3) is 6.08 Å². The van der Waals surface area contributed by atoms with Crippen molar-refractivity contribution in [3.8, 4) is 0 Å². The van der Waals surface area contributed by atoms with Gasteiger partial charge in [-0.15, -0.1) is 11.8 Å². The molecule has 0 aromatic heterocycles. The van der Waals surface area contributed by atoms with Gasteiger partial charge in [0.15, 0.2) is 0 Å². The van der Waals surface area contributed by atoms with Crippen LogP contribution in [0.1, 0.15) is 12.0 Å². The molecule has 0 aliphatic rings. The number of thioether (sulfide) groups is 2. The summed E-state index contributed by atoms with van der Waals surface area (Å²) in [5, 5.41) is 2.99. The van der Waals surface area contributed by atoms with Crippen LogP contribution in [-0.2, 0) is 4.79 Å². The minimum Gasteiger partial charge on any atom is -0.325 e. The molecule has 23 heavy (non-hydrogen) atoms. The van der Waals surface area contributed by atoms with E-state index in [0.29, 0.717) is 6.42 Å². The highest BCUT2D eigenvalue weighted by Crippen LogP contribution is 2.24. The molecule has 0 heterocycles. The van der Waals surface area contributed by atoms with E-state index in [0.717, 1.165) is 22.1 Å². The Kier molecular flexibility index (Phi) is 7.84. The van der Waals surface area contributed by atoms with E-state index in [1.165, 1.54) is 5.56 Å². The summed E-state index contributed by atoms with van der Waals surface area (Å²) >= 11 is 3.41. The fourth-order valence-electron chi connectivity index (χ4n) is 2.03. The third kappa shape index (κ3) is 6.55. The van der Waals surface area contributed by atoms with Gasteiger partial charge in [-0.05, 0) is 24.0 Å². The van der Waals surface area contributed by atoms with Crippen LogP contribution in [0.2, 0.25) is 0 Å². The van der Waals surface area contributed by atoms with Crippen molar-refractivity contribution in [2.45, 2.75) is 11.3 Å². The fraction of sp³-hybridized carbons (Fsp3) is 0.211. The summed E-state index contributed by atoms with van der Waals surface area (Å²) in [6.07, 6.45) is 6.80. The number of carbonyl (C=O) groups is 1. The molecule has 0 atom stereocenters. The summed E-state index contributed by atoms with van der Waals surface area (Å²) in [4.78, 5) is 13.1. The second-order valence-electron chi connectivity index (χ2n) is 4.89. The number of hydrogen-bond acceptors (Lipinski definition) is 3. The zero-order valence-electron chi connectivity index (χ0n) is 13.2.